The summed E-state index contributed by atoms with van der Waals surface area (Å²) in [5.41, 5.74) is 3.14. The van der Waals surface area contributed by atoms with Gasteiger partial charge in [-0.05, 0) is 80.5 Å². The molecule has 2 aromatic heterocycles. The third-order valence-electron chi connectivity index (χ3n) is 8.85. The summed E-state index contributed by atoms with van der Waals surface area (Å²) in [5, 5.41) is 14.1. The first-order valence-electron chi connectivity index (χ1n) is 13.5. The highest BCUT2D eigenvalue weighted by molar-refractivity contribution is 6.36. The van der Waals surface area contributed by atoms with E-state index in [0.717, 1.165) is 54.0 Å². The van der Waals surface area contributed by atoms with Gasteiger partial charge in [-0.15, -0.1) is 0 Å². The Bertz CT molecular complexity index is 1500. The van der Waals surface area contributed by atoms with Crippen molar-refractivity contribution in [3.63, 3.8) is 0 Å². The zero-order chi connectivity index (χ0) is 26.7. The second-order valence-electron chi connectivity index (χ2n) is 11.5. The van der Waals surface area contributed by atoms with Gasteiger partial charge in [0.15, 0.2) is 5.82 Å². The molecule has 4 fully saturated rings. The van der Waals surface area contributed by atoms with Gasteiger partial charge in [0.05, 0.1) is 23.5 Å². The molecule has 39 heavy (non-hydrogen) atoms. The Balaban J connectivity index is 1.22. The molecular weight excluding hydrogens is 553 g/mol. The van der Waals surface area contributed by atoms with Crippen molar-refractivity contribution in [1.82, 2.24) is 19.6 Å². The van der Waals surface area contributed by atoms with E-state index in [-0.39, 0.29) is 11.3 Å². The molecule has 0 spiro atoms. The molecule has 0 aliphatic heterocycles. The number of para-hydroxylation sites is 1. The topological polar surface area (TPSA) is 64.7 Å². The minimum Gasteiger partial charge on any atom is -0.304 e. The maximum absolute atomic E-state index is 13.9. The van der Waals surface area contributed by atoms with Crippen LogP contribution >= 0.6 is 34.8 Å². The molecule has 1 N–H and O–H groups in total. The number of hydrogen-bond donors (Lipinski definition) is 1. The Labute approximate surface area is 242 Å². The number of carbonyl (C=O) groups excluding carboxylic acids is 1. The SMILES string of the molecule is O=C(Nc1nn(Cc2c(Cl)cccc2Cl)cc1Cl)c1cn(-c2ccccc2)nc1C12CC3CC(CC(C3)C1)C2. The van der Waals surface area contributed by atoms with Crippen molar-refractivity contribution >= 4 is 46.5 Å². The predicted octanol–water partition coefficient (Wildman–Crippen LogP) is 7.80. The summed E-state index contributed by atoms with van der Waals surface area (Å²) in [4.78, 5) is 13.9. The largest absolute Gasteiger partial charge is 0.304 e. The first kappa shape index (κ1) is 25.2. The zero-order valence-corrected chi connectivity index (χ0v) is 23.6. The number of nitrogens with one attached hydrogen (secondary N) is 1. The number of nitrogens with zero attached hydrogens (tertiary/aromatic N) is 4. The number of rotatable bonds is 6. The van der Waals surface area contributed by atoms with E-state index in [1.807, 2.05) is 41.2 Å². The van der Waals surface area contributed by atoms with Crippen molar-refractivity contribution in [3.8, 4) is 5.69 Å². The van der Waals surface area contributed by atoms with E-state index in [9.17, 15) is 4.79 Å². The van der Waals surface area contributed by atoms with E-state index >= 15 is 0 Å². The first-order valence-corrected chi connectivity index (χ1v) is 14.6. The van der Waals surface area contributed by atoms with Crippen molar-refractivity contribution < 1.29 is 4.79 Å². The molecule has 200 valence electrons. The molecule has 4 aliphatic carbocycles. The molecule has 0 atom stereocenters. The fourth-order valence-electron chi connectivity index (χ4n) is 7.63. The standard InChI is InChI=1S/C30H28Cl3N5O/c31-24-7-4-8-25(32)22(24)15-37-17-26(33)28(36-37)34-29(39)23-16-38(21-5-2-1-3-6-21)35-27(23)30-12-18-9-19(13-30)11-20(10-18)14-30/h1-8,16-20H,9-15H2,(H,34,36,39). The van der Waals surface area contributed by atoms with Crippen LogP contribution in [0.15, 0.2) is 60.9 Å². The fourth-order valence-corrected chi connectivity index (χ4v) is 8.34. The lowest BCUT2D eigenvalue weighted by atomic mass is 9.48. The van der Waals surface area contributed by atoms with Crippen LogP contribution in [0.4, 0.5) is 5.82 Å². The van der Waals surface area contributed by atoms with E-state index < -0.39 is 0 Å². The molecule has 4 aromatic rings. The third kappa shape index (κ3) is 4.56. The normalized spacial score (nSPS) is 25.3. The second kappa shape index (κ2) is 9.69. The van der Waals surface area contributed by atoms with Crippen LogP contribution in [0.25, 0.3) is 5.69 Å². The Morgan fingerprint density at radius 3 is 2.13 bits per heavy atom. The molecule has 4 aliphatic rings. The maximum Gasteiger partial charge on any atom is 0.260 e. The predicted molar refractivity (Wildman–Crippen MR) is 154 cm³/mol. The van der Waals surface area contributed by atoms with Gasteiger partial charge in [-0.1, -0.05) is 59.1 Å². The van der Waals surface area contributed by atoms with Gasteiger partial charge in [-0.25, -0.2) is 4.68 Å². The fraction of sp³-hybridized carbons (Fsp3) is 0.367. The summed E-state index contributed by atoms with van der Waals surface area (Å²) in [7, 11) is 0. The molecule has 1 amide bonds. The zero-order valence-electron chi connectivity index (χ0n) is 21.3. The van der Waals surface area contributed by atoms with Gasteiger partial charge >= 0.3 is 0 Å². The van der Waals surface area contributed by atoms with E-state index in [4.69, 9.17) is 39.9 Å². The van der Waals surface area contributed by atoms with Crippen molar-refractivity contribution in [2.24, 2.45) is 17.8 Å². The molecule has 0 unspecified atom stereocenters. The summed E-state index contributed by atoms with van der Waals surface area (Å²) in [6.07, 6.45) is 10.8. The molecule has 4 saturated carbocycles. The molecular formula is C30H28Cl3N5O. The van der Waals surface area contributed by atoms with Crippen molar-refractivity contribution in [1.29, 1.82) is 0 Å². The molecule has 2 aromatic carbocycles. The van der Waals surface area contributed by atoms with E-state index in [1.165, 1.54) is 19.3 Å². The van der Waals surface area contributed by atoms with Crippen LogP contribution in [0.3, 0.4) is 0 Å². The minimum atomic E-state index is -0.245. The molecule has 0 saturated heterocycles. The number of halogens is 3. The molecule has 4 bridgehead atoms. The van der Waals surface area contributed by atoms with Crippen LogP contribution in [0.2, 0.25) is 15.1 Å². The van der Waals surface area contributed by atoms with Crippen molar-refractivity contribution in [2.75, 3.05) is 5.32 Å². The molecule has 6 nitrogen and oxygen atoms in total. The van der Waals surface area contributed by atoms with Crippen LogP contribution in [0.5, 0.6) is 0 Å². The van der Waals surface area contributed by atoms with Gasteiger partial charge in [0.25, 0.3) is 5.91 Å². The van der Waals surface area contributed by atoms with Crippen LogP contribution < -0.4 is 5.32 Å². The van der Waals surface area contributed by atoms with Gasteiger partial charge in [0.1, 0.15) is 5.02 Å². The second-order valence-corrected chi connectivity index (χ2v) is 12.8. The van der Waals surface area contributed by atoms with Crippen LogP contribution in [0.1, 0.15) is 60.1 Å². The number of aromatic nitrogens is 4. The summed E-state index contributed by atoms with van der Waals surface area (Å²) in [5.74, 6) is 2.25. The summed E-state index contributed by atoms with van der Waals surface area (Å²) >= 11 is 19.2. The summed E-state index contributed by atoms with van der Waals surface area (Å²) in [6.45, 7) is 0.332. The Kier molecular flexibility index (Phi) is 6.25. The number of benzene rings is 2. The Morgan fingerprint density at radius 2 is 1.49 bits per heavy atom. The lowest BCUT2D eigenvalue weighted by Gasteiger charge is -2.56. The average Bonchev–Trinajstić information content (AvgIpc) is 3.51. The van der Waals surface area contributed by atoms with Crippen LogP contribution in [-0.4, -0.2) is 25.5 Å². The summed E-state index contributed by atoms with van der Waals surface area (Å²) in [6, 6.07) is 15.3. The highest BCUT2D eigenvalue weighted by atomic mass is 35.5. The molecule has 0 radical (unpaired) electrons. The number of carbonyl (C=O) groups is 1. The Morgan fingerprint density at radius 1 is 0.846 bits per heavy atom. The monoisotopic (exact) mass is 579 g/mol. The minimum absolute atomic E-state index is 0.0502. The molecule has 9 heteroatoms. The van der Waals surface area contributed by atoms with Crippen LogP contribution in [-0.2, 0) is 12.0 Å². The highest BCUT2D eigenvalue weighted by Gasteiger charge is 2.54. The van der Waals surface area contributed by atoms with E-state index in [1.54, 1.807) is 29.1 Å². The third-order valence-corrected chi connectivity index (χ3v) is 9.84. The highest BCUT2D eigenvalue weighted by Crippen LogP contribution is 2.61. The lowest BCUT2D eigenvalue weighted by Crippen LogP contribution is -2.49. The lowest BCUT2D eigenvalue weighted by molar-refractivity contribution is -0.00765. The van der Waals surface area contributed by atoms with E-state index in [0.29, 0.717) is 33.0 Å². The van der Waals surface area contributed by atoms with Gasteiger partial charge < -0.3 is 5.32 Å². The number of hydrogen-bond acceptors (Lipinski definition) is 3. The van der Waals surface area contributed by atoms with Gasteiger partial charge in [-0.2, -0.15) is 10.2 Å². The smallest absolute Gasteiger partial charge is 0.260 e. The molecule has 8 rings (SSSR count). The molecule has 2 heterocycles. The summed E-state index contributed by atoms with van der Waals surface area (Å²) < 4.78 is 3.49. The van der Waals surface area contributed by atoms with Gasteiger partial charge in [0, 0.05) is 33.4 Å². The van der Waals surface area contributed by atoms with Gasteiger partial charge in [-0.3, -0.25) is 9.48 Å². The van der Waals surface area contributed by atoms with Crippen molar-refractivity contribution in [3.05, 3.63) is 92.8 Å². The quantitative estimate of drug-likeness (QED) is 0.253. The number of amides is 1. The van der Waals surface area contributed by atoms with Gasteiger partial charge in [0.2, 0.25) is 0 Å². The van der Waals surface area contributed by atoms with Crippen molar-refractivity contribution in [2.45, 2.75) is 50.5 Å². The maximum atomic E-state index is 13.9. The first-order chi connectivity index (χ1) is 18.9. The van der Waals surface area contributed by atoms with E-state index in [2.05, 4.69) is 10.4 Å². The average molecular weight is 581 g/mol. The van der Waals surface area contributed by atoms with Crippen LogP contribution in [0, 0.1) is 17.8 Å². The number of anilines is 1. The Hall–Kier alpha value is -2.80.